The lowest BCUT2D eigenvalue weighted by molar-refractivity contribution is -0.122. The lowest BCUT2D eigenvalue weighted by Crippen LogP contribution is -2.44. The van der Waals surface area contributed by atoms with Gasteiger partial charge in [0.2, 0.25) is 11.8 Å². The van der Waals surface area contributed by atoms with Gasteiger partial charge in [-0.15, -0.1) is 11.8 Å². The Kier molecular flexibility index (Phi) is 7.50. The molecule has 172 valence electrons. The fourth-order valence-electron chi connectivity index (χ4n) is 4.31. The first-order valence-electron chi connectivity index (χ1n) is 11.3. The molecule has 2 heterocycles. The van der Waals surface area contributed by atoms with Crippen molar-refractivity contribution < 1.29 is 9.59 Å². The topological polar surface area (TPSA) is 76.0 Å². The summed E-state index contributed by atoms with van der Waals surface area (Å²) in [5, 5.41) is 10.6. The van der Waals surface area contributed by atoms with E-state index in [9.17, 15) is 9.59 Å². The molecule has 2 aromatic carbocycles. The summed E-state index contributed by atoms with van der Waals surface area (Å²) in [5.74, 6) is 0.0611. The maximum Gasteiger partial charge on any atom is 0.220 e. The third-order valence-electron chi connectivity index (χ3n) is 6.13. The van der Waals surface area contributed by atoms with Crippen LogP contribution in [0.3, 0.4) is 0 Å². The van der Waals surface area contributed by atoms with Gasteiger partial charge in [0.05, 0.1) is 12.7 Å². The summed E-state index contributed by atoms with van der Waals surface area (Å²) in [4.78, 5) is 25.8. The Balaban J connectivity index is 1.28. The molecule has 2 amide bonds. The van der Waals surface area contributed by atoms with E-state index < -0.39 is 0 Å². The smallest absolute Gasteiger partial charge is 0.220 e. The lowest BCUT2D eigenvalue weighted by atomic mass is 9.85. The van der Waals surface area contributed by atoms with Gasteiger partial charge in [-0.2, -0.15) is 5.10 Å². The molecule has 2 N–H and O–H groups in total. The van der Waals surface area contributed by atoms with Crippen LogP contribution in [0, 0.1) is 0 Å². The summed E-state index contributed by atoms with van der Waals surface area (Å²) in [6, 6.07) is 18.6. The highest BCUT2D eigenvalue weighted by Gasteiger charge is 2.37. The molecule has 4 rings (SSSR count). The maximum absolute atomic E-state index is 12.6. The molecule has 0 saturated carbocycles. The molecular formula is C26H30N4O2S. The highest BCUT2D eigenvalue weighted by atomic mass is 32.2. The molecule has 1 unspecified atom stereocenters. The van der Waals surface area contributed by atoms with E-state index in [1.807, 2.05) is 29.1 Å². The third kappa shape index (κ3) is 6.48. The first-order valence-corrected chi connectivity index (χ1v) is 12.5. The van der Waals surface area contributed by atoms with Crippen molar-refractivity contribution in [2.45, 2.75) is 55.6 Å². The Morgan fingerprint density at radius 3 is 2.61 bits per heavy atom. The van der Waals surface area contributed by atoms with E-state index in [0.29, 0.717) is 32.4 Å². The molecule has 1 atom stereocenters. The predicted molar refractivity (Wildman–Crippen MR) is 131 cm³/mol. The van der Waals surface area contributed by atoms with Crippen LogP contribution in [0.4, 0.5) is 0 Å². The number of thioether (sulfide) groups is 1. The van der Waals surface area contributed by atoms with Crippen molar-refractivity contribution >= 4 is 23.6 Å². The van der Waals surface area contributed by atoms with Gasteiger partial charge >= 0.3 is 0 Å². The molecule has 33 heavy (non-hydrogen) atoms. The van der Waals surface area contributed by atoms with E-state index >= 15 is 0 Å². The SMILES string of the molecule is CSc1ccc(CC2(CCC(=O)NCc3cnn(Cc4ccccc4)c3)CCC(=O)N2)cc1. The van der Waals surface area contributed by atoms with Crippen molar-refractivity contribution in [1.82, 2.24) is 20.4 Å². The minimum absolute atomic E-state index is 0.0101. The van der Waals surface area contributed by atoms with Crippen molar-refractivity contribution in [3.05, 3.63) is 83.7 Å². The normalized spacial score (nSPS) is 17.7. The van der Waals surface area contributed by atoms with Gasteiger partial charge in [-0.05, 0) is 48.8 Å². The van der Waals surface area contributed by atoms with Crippen molar-refractivity contribution in [2.24, 2.45) is 0 Å². The van der Waals surface area contributed by atoms with Crippen molar-refractivity contribution in [3.8, 4) is 0 Å². The molecule has 1 aliphatic heterocycles. The van der Waals surface area contributed by atoms with Crippen LogP contribution in [0.5, 0.6) is 0 Å². The van der Waals surface area contributed by atoms with E-state index in [1.165, 1.54) is 16.0 Å². The minimum Gasteiger partial charge on any atom is -0.352 e. The average Bonchev–Trinajstić information content (AvgIpc) is 3.44. The molecule has 0 radical (unpaired) electrons. The summed E-state index contributed by atoms with van der Waals surface area (Å²) in [7, 11) is 0. The minimum atomic E-state index is -0.351. The van der Waals surface area contributed by atoms with Crippen LogP contribution in [0.2, 0.25) is 0 Å². The van der Waals surface area contributed by atoms with Crippen molar-refractivity contribution in [2.75, 3.05) is 6.26 Å². The van der Waals surface area contributed by atoms with Crippen LogP contribution < -0.4 is 10.6 Å². The molecule has 1 aliphatic rings. The second-order valence-corrected chi connectivity index (χ2v) is 9.54. The number of carbonyl (C=O) groups is 2. The van der Waals surface area contributed by atoms with Crippen molar-refractivity contribution in [3.63, 3.8) is 0 Å². The summed E-state index contributed by atoms with van der Waals surface area (Å²) in [6.45, 7) is 1.15. The zero-order valence-electron chi connectivity index (χ0n) is 18.9. The standard InChI is InChI=1S/C26H30N4O2S/c1-33-23-9-7-20(8-10-23)15-26(14-12-25(32)29-26)13-11-24(31)27-16-22-17-28-30(19-22)18-21-5-3-2-4-6-21/h2-10,17,19H,11-16,18H2,1H3,(H,27,31)(H,29,32). The van der Waals surface area contributed by atoms with Gasteiger partial charge in [0.1, 0.15) is 0 Å². The number of nitrogens with one attached hydrogen (secondary N) is 2. The zero-order chi connectivity index (χ0) is 23.1. The van der Waals surface area contributed by atoms with E-state index in [2.05, 4.69) is 58.4 Å². The Bertz CT molecular complexity index is 1080. The number of hydrogen-bond donors (Lipinski definition) is 2. The molecule has 0 aliphatic carbocycles. The van der Waals surface area contributed by atoms with Crippen LogP contribution in [-0.4, -0.2) is 33.4 Å². The molecule has 0 bridgehead atoms. The number of aromatic nitrogens is 2. The summed E-state index contributed by atoms with van der Waals surface area (Å²) < 4.78 is 1.88. The van der Waals surface area contributed by atoms with E-state index in [4.69, 9.17) is 0 Å². The molecule has 1 saturated heterocycles. The molecular weight excluding hydrogens is 432 g/mol. The first kappa shape index (κ1) is 23.1. The van der Waals surface area contributed by atoms with Crippen LogP contribution in [0.1, 0.15) is 42.4 Å². The van der Waals surface area contributed by atoms with Crippen LogP contribution >= 0.6 is 11.8 Å². The largest absolute Gasteiger partial charge is 0.352 e. The highest BCUT2D eigenvalue weighted by molar-refractivity contribution is 7.98. The Hall–Kier alpha value is -3.06. The fourth-order valence-corrected chi connectivity index (χ4v) is 4.72. The number of nitrogens with zero attached hydrogens (tertiary/aromatic N) is 2. The third-order valence-corrected chi connectivity index (χ3v) is 6.87. The fraction of sp³-hybridized carbons (Fsp3) is 0.346. The van der Waals surface area contributed by atoms with Gasteiger partial charge in [-0.1, -0.05) is 42.5 Å². The Labute approximate surface area is 199 Å². The van der Waals surface area contributed by atoms with Gasteiger partial charge in [0.25, 0.3) is 0 Å². The van der Waals surface area contributed by atoms with E-state index in [1.54, 1.807) is 18.0 Å². The van der Waals surface area contributed by atoms with Gasteiger partial charge < -0.3 is 10.6 Å². The summed E-state index contributed by atoms with van der Waals surface area (Å²) in [6.07, 6.45) is 8.84. The number of rotatable bonds is 10. The van der Waals surface area contributed by atoms with E-state index in [-0.39, 0.29) is 17.4 Å². The van der Waals surface area contributed by atoms with E-state index in [0.717, 1.165) is 18.4 Å². The average molecular weight is 463 g/mol. The quantitative estimate of drug-likeness (QED) is 0.448. The monoisotopic (exact) mass is 462 g/mol. The molecule has 6 nitrogen and oxygen atoms in total. The van der Waals surface area contributed by atoms with Crippen molar-refractivity contribution in [1.29, 1.82) is 0 Å². The second-order valence-electron chi connectivity index (χ2n) is 8.66. The van der Waals surface area contributed by atoms with Gasteiger partial charge in [0, 0.05) is 41.6 Å². The summed E-state index contributed by atoms with van der Waals surface area (Å²) >= 11 is 1.71. The van der Waals surface area contributed by atoms with Gasteiger partial charge in [-0.25, -0.2) is 0 Å². The lowest BCUT2D eigenvalue weighted by Gasteiger charge is -2.29. The van der Waals surface area contributed by atoms with Crippen LogP contribution in [-0.2, 0) is 29.1 Å². The number of amides is 2. The number of benzene rings is 2. The predicted octanol–water partition coefficient (Wildman–Crippen LogP) is 3.94. The molecule has 7 heteroatoms. The molecule has 0 spiro atoms. The molecule has 1 aromatic heterocycles. The van der Waals surface area contributed by atoms with Gasteiger partial charge in [-0.3, -0.25) is 14.3 Å². The number of carbonyl (C=O) groups excluding carboxylic acids is 2. The van der Waals surface area contributed by atoms with Gasteiger partial charge in [0.15, 0.2) is 0 Å². The second kappa shape index (κ2) is 10.7. The van der Waals surface area contributed by atoms with Crippen LogP contribution in [0.25, 0.3) is 0 Å². The molecule has 3 aromatic rings. The molecule has 1 fully saturated rings. The maximum atomic E-state index is 12.6. The summed E-state index contributed by atoms with van der Waals surface area (Å²) in [5.41, 5.74) is 2.98. The number of hydrogen-bond acceptors (Lipinski definition) is 4. The highest BCUT2D eigenvalue weighted by Crippen LogP contribution is 2.30. The van der Waals surface area contributed by atoms with Crippen LogP contribution in [0.15, 0.2) is 71.9 Å². The zero-order valence-corrected chi connectivity index (χ0v) is 19.7. The Morgan fingerprint density at radius 2 is 1.91 bits per heavy atom. The first-order chi connectivity index (χ1) is 16.0. The Morgan fingerprint density at radius 1 is 1.12 bits per heavy atom.